The van der Waals surface area contributed by atoms with E-state index in [1.54, 1.807) is 0 Å². The largest absolute Gasteiger partial charge is 0.508 e. The van der Waals surface area contributed by atoms with Crippen LogP contribution in [0.15, 0.2) is 25.3 Å². The van der Waals surface area contributed by atoms with E-state index in [1.807, 2.05) is 0 Å². The normalized spacial score (nSPS) is 12.8. The van der Waals surface area contributed by atoms with E-state index in [9.17, 15) is 9.90 Å². The molecule has 0 radical (unpaired) electrons. The number of ether oxygens (including phenoxy) is 2. The molecule has 0 aliphatic rings. The molecule has 98 valence electrons. The zero-order chi connectivity index (χ0) is 13.3. The topological polar surface area (TPSA) is 96.2 Å². The number of carboxylic acid groups (broad SMARTS) is 1. The minimum Gasteiger partial charge on any atom is -0.450 e. The van der Waals surface area contributed by atoms with Crippen molar-refractivity contribution in [2.24, 2.45) is 0 Å². The fourth-order valence-electron chi connectivity index (χ4n) is 1.33. The van der Waals surface area contributed by atoms with Crippen LogP contribution < -0.4 is 0 Å². The number of aliphatic hydroxyl groups is 2. The molecule has 3 N–H and O–H groups in total. The predicted octanol–water partition coefficient (Wildman–Crippen LogP) is 0.899. The minimum atomic E-state index is -1.57. The van der Waals surface area contributed by atoms with Gasteiger partial charge in [0.1, 0.15) is 5.60 Å². The van der Waals surface area contributed by atoms with Gasteiger partial charge < -0.3 is 24.8 Å². The molecule has 0 saturated carbocycles. The monoisotopic (exact) mass is 246 g/mol. The van der Waals surface area contributed by atoms with E-state index >= 15 is 0 Å². The molecule has 0 amide bonds. The molecule has 0 aromatic heterocycles. The molecular weight excluding hydrogens is 228 g/mol. The van der Waals surface area contributed by atoms with Crippen LogP contribution in [0.2, 0.25) is 0 Å². The summed E-state index contributed by atoms with van der Waals surface area (Å²) in [5, 5.41) is 27.4. The third-order valence-electron chi connectivity index (χ3n) is 2.00. The maximum atomic E-state index is 10.5. The summed E-state index contributed by atoms with van der Waals surface area (Å²) in [6.07, 6.45) is 0.0152. The summed E-state index contributed by atoms with van der Waals surface area (Å²) in [4.78, 5) is 10.5. The van der Waals surface area contributed by atoms with Gasteiger partial charge in [-0.05, 0) is 0 Å². The summed E-state index contributed by atoms with van der Waals surface area (Å²) in [6.45, 7) is 6.48. The molecule has 17 heavy (non-hydrogen) atoms. The number of hydrogen-bond donors (Lipinski definition) is 3. The smallest absolute Gasteiger partial charge is 0.450 e. The number of carbonyl (C=O) groups is 1. The van der Waals surface area contributed by atoms with E-state index in [4.69, 9.17) is 14.9 Å². The Labute approximate surface area is 99.8 Å². The molecule has 1 atom stereocenters. The Bertz CT molecular complexity index is 253. The van der Waals surface area contributed by atoms with Crippen molar-refractivity contribution in [1.29, 1.82) is 0 Å². The molecule has 0 fully saturated rings. The van der Waals surface area contributed by atoms with E-state index in [2.05, 4.69) is 17.9 Å². The molecule has 0 heterocycles. The number of rotatable bonds is 9. The van der Waals surface area contributed by atoms with Crippen molar-refractivity contribution in [3.63, 3.8) is 0 Å². The summed E-state index contributed by atoms with van der Waals surface area (Å²) in [5.74, 6) is 0. The van der Waals surface area contributed by atoms with Crippen LogP contribution in [0.4, 0.5) is 4.79 Å². The molecule has 0 saturated heterocycles. The van der Waals surface area contributed by atoms with Crippen molar-refractivity contribution in [3.8, 4) is 0 Å². The van der Waals surface area contributed by atoms with Crippen molar-refractivity contribution < 1.29 is 29.6 Å². The molecule has 0 aromatic rings. The minimum absolute atomic E-state index is 0.0718. The first-order valence-corrected chi connectivity index (χ1v) is 5.06. The average molecular weight is 246 g/mol. The second kappa shape index (κ2) is 7.83. The Hall–Kier alpha value is -1.37. The highest BCUT2D eigenvalue weighted by Crippen LogP contribution is 2.25. The highest BCUT2D eigenvalue weighted by Gasteiger charge is 2.38. The van der Waals surface area contributed by atoms with Crippen molar-refractivity contribution in [1.82, 2.24) is 0 Å². The molecule has 6 nitrogen and oxygen atoms in total. The van der Waals surface area contributed by atoms with Gasteiger partial charge in [-0.2, -0.15) is 0 Å². The standard InChI is InChI=1S/C11H18O6/c1-3-5-11(15,6-4-2)9(16-8-7-12)17-10(13)14/h3-4,9,12,15H,1-2,5-8H2,(H,13,14). The Morgan fingerprint density at radius 1 is 1.35 bits per heavy atom. The van der Waals surface area contributed by atoms with Gasteiger partial charge in [0.2, 0.25) is 6.29 Å². The third-order valence-corrected chi connectivity index (χ3v) is 2.00. The molecule has 1 unspecified atom stereocenters. The van der Waals surface area contributed by atoms with Crippen molar-refractivity contribution in [2.45, 2.75) is 24.7 Å². The van der Waals surface area contributed by atoms with Crippen molar-refractivity contribution in [2.75, 3.05) is 13.2 Å². The van der Waals surface area contributed by atoms with Gasteiger partial charge in [-0.3, -0.25) is 0 Å². The Morgan fingerprint density at radius 3 is 2.24 bits per heavy atom. The van der Waals surface area contributed by atoms with Crippen molar-refractivity contribution >= 4 is 6.16 Å². The Kier molecular flexibility index (Phi) is 7.20. The molecule has 0 aliphatic carbocycles. The SMILES string of the molecule is C=CCC(O)(CC=C)C(OCCO)OC(=O)O. The molecule has 0 aromatic carbocycles. The molecular formula is C11H18O6. The fourth-order valence-corrected chi connectivity index (χ4v) is 1.33. The van der Waals surface area contributed by atoms with Crippen LogP contribution in [-0.2, 0) is 9.47 Å². The summed E-state index contributed by atoms with van der Waals surface area (Å²) in [7, 11) is 0. The maximum Gasteiger partial charge on any atom is 0.508 e. The zero-order valence-corrected chi connectivity index (χ0v) is 9.54. The van der Waals surface area contributed by atoms with Crippen molar-refractivity contribution in [3.05, 3.63) is 25.3 Å². The van der Waals surface area contributed by atoms with Gasteiger partial charge in [-0.25, -0.2) is 4.79 Å². The van der Waals surface area contributed by atoms with E-state index in [1.165, 1.54) is 12.2 Å². The molecule has 0 aliphatic heterocycles. The summed E-state index contributed by atoms with van der Waals surface area (Å²) in [5.41, 5.74) is -1.57. The van der Waals surface area contributed by atoms with E-state index < -0.39 is 18.0 Å². The first-order valence-electron chi connectivity index (χ1n) is 5.06. The summed E-state index contributed by atoms with van der Waals surface area (Å²) < 4.78 is 9.43. The highest BCUT2D eigenvalue weighted by molar-refractivity contribution is 5.57. The first kappa shape index (κ1) is 15.6. The average Bonchev–Trinajstić information content (AvgIpc) is 2.24. The molecule has 0 spiro atoms. The van der Waals surface area contributed by atoms with Gasteiger partial charge in [0, 0.05) is 12.8 Å². The van der Waals surface area contributed by atoms with Crippen LogP contribution in [0.25, 0.3) is 0 Å². The third kappa shape index (κ3) is 5.48. The molecule has 0 rings (SSSR count). The van der Waals surface area contributed by atoms with Gasteiger partial charge >= 0.3 is 6.16 Å². The van der Waals surface area contributed by atoms with Crippen LogP contribution in [0, 0.1) is 0 Å². The second-order valence-corrected chi connectivity index (χ2v) is 3.40. The van der Waals surface area contributed by atoms with Crippen LogP contribution >= 0.6 is 0 Å². The molecule has 0 bridgehead atoms. The second-order valence-electron chi connectivity index (χ2n) is 3.40. The fraction of sp³-hybridized carbons (Fsp3) is 0.545. The lowest BCUT2D eigenvalue weighted by Gasteiger charge is -2.32. The maximum absolute atomic E-state index is 10.5. The van der Waals surface area contributed by atoms with Crippen LogP contribution in [0.3, 0.4) is 0 Å². The van der Waals surface area contributed by atoms with Crippen LogP contribution in [-0.4, -0.2) is 46.6 Å². The zero-order valence-electron chi connectivity index (χ0n) is 9.54. The Morgan fingerprint density at radius 2 is 1.88 bits per heavy atom. The first-order chi connectivity index (χ1) is 8.00. The van der Waals surface area contributed by atoms with E-state index in [0.29, 0.717) is 0 Å². The van der Waals surface area contributed by atoms with Gasteiger partial charge in [-0.1, -0.05) is 12.2 Å². The van der Waals surface area contributed by atoms with E-state index in [-0.39, 0.29) is 26.1 Å². The highest BCUT2D eigenvalue weighted by atomic mass is 16.8. The quantitative estimate of drug-likeness (QED) is 0.318. The molecule has 6 heteroatoms. The van der Waals surface area contributed by atoms with Gasteiger partial charge in [0.05, 0.1) is 13.2 Å². The summed E-state index contributed by atoms with van der Waals surface area (Å²) >= 11 is 0. The lowest BCUT2D eigenvalue weighted by atomic mass is 9.94. The number of aliphatic hydroxyl groups excluding tert-OH is 1. The van der Waals surface area contributed by atoms with Crippen LogP contribution in [0.5, 0.6) is 0 Å². The van der Waals surface area contributed by atoms with Crippen LogP contribution in [0.1, 0.15) is 12.8 Å². The van der Waals surface area contributed by atoms with Gasteiger partial charge in [-0.15, -0.1) is 13.2 Å². The lowest BCUT2D eigenvalue weighted by molar-refractivity contribution is -0.218. The van der Waals surface area contributed by atoms with E-state index in [0.717, 1.165) is 0 Å². The van der Waals surface area contributed by atoms with Gasteiger partial charge in [0.25, 0.3) is 0 Å². The predicted molar refractivity (Wildman–Crippen MR) is 60.5 cm³/mol. The lowest BCUT2D eigenvalue weighted by Crippen LogP contribution is -2.46. The van der Waals surface area contributed by atoms with Gasteiger partial charge in [0.15, 0.2) is 0 Å². The Balaban J connectivity index is 4.82. The number of hydrogen-bond acceptors (Lipinski definition) is 5. The summed E-state index contributed by atoms with van der Waals surface area (Å²) in [6, 6.07) is 0.